The third kappa shape index (κ3) is 3.82. The van der Waals surface area contributed by atoms with Gasteiger partial charge in [0.15, 0.2) is 0 Å². The first-order chi connectivity index (χ1) is 11.3. The quantitative estimate of drug-likeness (QED) is 0.841. The van der Waals surface area contributed by atoms with Crippen LogP contribution in [0.2, 0.25) is 0 Å². The topological polar surface area (TPSA) is 29.1 Å². The first-order valence-electron chi connectivity index (χ1n) is 8.66. The van der Waals surface area contributed by atoms with Crippen LogP contribution in [0, 0.1) is 5.92 Å². The highest BCUT2D eigenvalue weighted by Crippen LogP contribution is 2.37. The van der Waals surface area contributed by atoms with E-state index in [1.54, 1.807) is 0 Å². The molecule has 1 aliphatic rings. The Morgan fingerprint density at radius 3 is 2.00 bits per heavy atom. The van der Waals surface area contributed by atoms with Gasteiger partial charge in [-0.3, -0.25) is 4.79 Å². The maximum absolute atomic E-state index is 13.0. The lowest BCUT2D eigenvalue weighted by Gasteiger charge is -2.25. The molecule has 2 atom stereocenters. The number of rotatable bonds is 5. The van der Waals surface area contributed by atoms with Crippen LogP contribution in [0.15, 0.2) is 60.7 Å². The van der Waals surface area contributed by atoms with Gasteiger partial charge >= 0.3 is 0 Å². The van der Waals surface area contributed by atoms with E-state index in [2.05, 4.69) is 36.5 Å². The Morgan fingerprint density at radius 2 is 1.43 bits per heavy atom. The molecule has 1 amide bonds. The second-order valence-corrected chi connectivity index (χ2v) is 6.57. The molecule has 0 bridgehead atoms. The fraction of sp³-hybridized carbons (Fsp3) is 0.381. The summed E-state index contributed by atoms with van der Waals surface area (Å²) in [5.41, 5.74) is 2.30. The Bertz CT molecular complexity index is 617. The normalized spacial score (nSPS) is 17.6. The lowest BCUT2D eigenvalue weighted by Crippen LogP contribution is -2.34. The van der Waals surface area contributed by atoms with E-state index in [9.17, 15) is 4.79 Å². The minimum absolute atomic E-state index is 0.0233. The smallest absolute Gasteiger partial charge is 0.228 e. The first kappa shape index (κ1) is 15.8. The Labute approximate surface area is 138 Å². The summed E-state index contributed by atoms with van der Waals surface area (Å²) in [6.07, 6.45) is 4.81. The van der Waals surface area contributed by atoms with Crippen molar-refractivity contribution >= 4 is 5.91 Å². The van der Waals surface area contributed by atoms with Crippen LogP contribution in [0.1, 0.15) is 55.7 Å². The molecule has 2 nitrogen and oxygen atoms in total. The molecule has 0 spiro atoms. The zero-order valence-corrected chi connectivity index (χ0v) is 13.7. The van der Waals surface area contributed by atoms with Crippen molar-refractivity contribution in [1.29, 1.82) is 0 Å². The maximum atomic E-state index is 13.0. The summed E-state index contributed by atoms with van der Waals surface area (Å²) in [6.45, 7) is 2.06. The van der Waals surface area contributed by atoms with Crippen molar-refractivity contribution < 1.29 is 4.79 Å². The molecule has 1 saturated carbocycles. The standard InChI is InChI=1S/C21H25NO/c1-16(17-10-4-2-5-11-17)22-21(23)20(19-14-8-9-15-19)18-12-6-3-7-13-18/h2-7,10-13,16,19-20H,8-9,14-15H2,1H3,(H,22,23)/t16-,20-/m1/s1. The molecule has 2 aromatic carbocycles. The van der Waals surface area contributed by atoms with Crippen molar-refractivity contribution in [2.24, 2.45) is 5.92 Å². The van der Waals surface area contributed by atoms with Crippen molar-refractivity contribution in [3.8, 4) is 0 Å². The molecule has 120 valence electrons. The van der Waals surface area contributed by atoms with Crippen molar-refractivity contribution in [1.82, 2.24) is 5.32 Å². The summed E-state index contributed by atoms with van der Waals surface area (Å²) < 4.78 is 0. The molecule has 0 aliphatic heterocycles. The molecule has 0 heterocycles. The molecule has 0 radical (unpaired) electrons. The fourth-order valence-electron chi connectivity index (χ4n) is 3.72. The average molecular weight is 307 g/mol. The van der Waals surface area contributed by atoms with Crippen molar-refractivity contribution in [2.75, 3.05) is 0 Å². The van der Waals surface area contributed by atoms with Crippen LogP contribution in [0.25, 0.3) is 0 Å². The maximum Gasteiger partial charge on any atom is 0.228 e. The fourth-order valence-corrected chi connectivity index (χ4v) is 3.72. The summed E-state index contributed by atoms with van der Waals surface area (Å²) >= 11 is 0. The Balaban J connectivity index is 1.78. The SMILES string of the molecule is C[C@@H](NC(=O)[C@H](c1ccccc1)C1CCCC1)c1ccccc1. The molecule has 0 aromatic heterocycles. The number of hydrogen-bond donors (Lipinski definition) is 1. The second kappa shape index (κ2) is 7.45. The van der Waals surface area contributed by atoms with Crippen molar-refractivity contribution in [3.05, 3.63) is 71.8 Å². The van der Waals surface area contributed by atoms with Crippen molar-refractivity contribution in [2.45, 2.75) is 44.6 Å². The van der Waals surface area contributed by atoms with Gasteiger partial charge in [0.05, 0.1) is 12.0 Å². The van der Waals surface area contributed by atoms with Gasteiger partial charge in [0.2, 0.25) is 5.91 Å². The van der Waals surface area contributed by atoms with E-state index in [0.717, 1.165) is 24.0 Å². The minimum atomic E-state index is -0.0233. The van der Waals surface area contributed by atoms with Gasteiger partial charge in [0.1, 0.15) is 0 Å². The molecular formula is C21H25NO. The summed E-state index contributed by atoms with van der Waals surface area (Å²) in [5.74, 6) is 0.615. The summed E-state index contributed by atoms with van der Waals surface area (Å²) in [4.78, 5) is 13.0. The van der Waals surface area contributed by atoms with E-state index in [0.29, 0.717) is 5.92 Å². The van der Waals surface area contributed by atoms with E-state index in [1.807, 2.05) is 36.4 Å². The average Bonchev–Trinajstić information content (AvgIpc) is 3.11. The third-order valence-electron chi connectivity index (χ3n) is 4.97. The third-order valence-corrected chi connectivity index (χ3v) is 4.97. The largest absolute Gasteiger partial charge is 0.349 e. The van der Waals surface area contributed by atoms with Crippen LogP contribution in [0.5, 0.6) is 0 Å². The highest BCUT2D eigenvalue weighted by atomic mass is 16.2. The van der Waals surface area contributed by atoms with Gasteiger partial charge in [-0.1, -0.05) is 73.5 Å². The van der Waals surface area contributed by atoms with E-state index in [4.69, 9.17) is 0 Å². The van der Waals surface area contributed by atoms with Gasteiger partial charge in [-0.25, -0.2) is 0 Å². The monoisotopic (exact) mass is 307 g/mol. The molecule has 1 N–H and O–H groups in total. The molecule has 2 heteroatoms. The molecule has 3 rings (SSSR count). The summed E-state index contributed by atoms with van der Waals surface area (Å²) in [5, 5.41) is 3.23. The van der Waals surface area contributed by atoms with Crippen LogP contribution in [-0.2, 0) is 4.79 Å². The number of carbonyl (C=O) groups excluding carboxylic acids is 1. The van der Waals surface area contributed by atoms with Crippen LogP contribution in [0.4, 0.5) is 0 Å². The van der Waals surface area contributed by atoms with E-state index < -0.39 is 0 Å². The number of benzene rings is 2. The molecule has 1 aliphatic carbocycles. The van der Waals surface area contributed by atoms with E-state index in [-0.39, 0.29) is 17.9 Å². The lowest BCUT2D eigenvalue weighted by molar-refractivity contribution is -0.124. The number of carbonyl (C=O) groups is 1. The summed E-state index contributed by atoms with van der Waals surface area (Å²) in [6, 6.07) is 20.5. The zero-order chi connectivity index (χ0) is 16.1. The Morgan fingerprint density at radius 1 is 0.913 bits per heavy atom. The Kier molecular flexibility index (Phi) is 5.12. The van der Waals surface area contributed by atoms with Crippen LogP contribution in [0.3, 0.4) is 0 Å². The van der Waals surface area contributed by atoms with Gasteiger partial charge in [0, 0.05) is 0 Å². The van der Waals surface area contributed by atoms with Gasteiger partial charge in [-0.05, 0) is 36.8 Å². The van der Waals surface area contributed by atoms with Crippen LogP contribution in [-0.4, -0.2) is 5.91 Å². The summed E-state index contributed by atoms with van der Waals surface area (Å²) in [7, 11) is 0. The second-order valence-electron chi connectivity index (χ2n) is 6.57. The minimum Gasteiger partial charge on any atom is -0.349 e. The van der Waals surface area contributed by atoms with Crippen molar-refractivity contribution in [3.63, 3.8) is 0 Å². The lowest BCUT2D eigenvalue weighted by atomic mass is 9.84. The molecule has 1 fully saturated rings. The van der Waals surface area contributed by atoms with E-state index in [1.165, 1.54) is 12.8 Å². The molecule has 2 aromatic rings. The highest BCUT2D eigenvalue weighted by molar-refractivity contribution is 5.84. The molecule has 0 saturated heterocycles. The van der Waals surface area contributed by atoms with Gasteiger partial charge in [-0.2, -0.15) is 0 Å². The Hall–Kier alpha value is -2.09. The first-order valence-corrected chi connectivity index (χ1v) is 8.66. The highest BCUT2D eigenvalue weighted by Gasteiger charge is 2.32. The van der Waals surface area contributed by atoms with Gasteiger partial charge in [-0.15, -0.1) is 0 Å². The van der Waals surface area contributed by atoms with Crippen LogP contribution >= 0.6 is 0 Å². The molecular weight excluding hydrogens is 282 g/mol. The molecule has 0 unspecified atom stereocenters. The van der Waals surface area contributed by atoms with Gasteiger partial charge < -0.3 is 5.32 Å². The molecule has 23 heavy (non-hydrogen) atoms. The predicted octanol–water partition coefficient (Wildman–Crippen LogP) is 4.84. The van der Waals surface area contributed by atoms with Gasteiger partial charge in [0.25, 0.3) is 0 Å². The number of nitrogens with one attached hydrogen (secondary N) is 1. The van der Waals surface area contributed by atoms with E-state index >= 15 is 0 Å². The number of amides is 1. The predicted molar refractivity (Wildman–Crippen MR) is 94.1 cm³/mol. The zero-order valence-electron chi connectivity index (χ0n) is 13.7. The van der Waals surface area contributed by atoms with Crippen LogP contribution < -0.4 is 5.32 Å². The number of hydrogen-bond acceptors (Lipinski definition) is 1.